The third-order valence-corrected chi connectivity index (χ3v) is 21.8. The van der Waals surface area contributed by atoms with E-state index < -0.39 is 33.6 Å². The van der Waals surface area contributed by atoms with Crippen LogP contribution in [-0.2, 0) is 62.0 Å². The van der Waals surface area contributed by atoms with E-state index in [2.05, 4.69) is 91.8 Å². The van der Waals surface area contributed by atoms with E-state index in [0.29, 0.717) is 71.2 Å². The molecule has 9 aromatic rings. The first-order valence-corrected chi connectivity index (χ1v) is 39.5. The third kappa shape index (κ3) is 15.7. The molecule has 0 radical (unpaired) electrons. The molecule has 6 aromatic carbocycles. The summed E-state index contributed by atoms with van der Waals surface area (Å²) < 4.78 is 61.1. The van der Waals surface area contributed by atoms with Crippen molar-refractivity contribution in [2.45, 2.75) is 170 Å². The minimum absolute atomic E-state index is 0.416. The largest absolute Gasteiger partial charge is 0.493 e. The minimum atomic E-state index is -1.37. The summed E-state index contributed by atoms with van der Waals surface area (Å²) in [5.41, 5.74) is 3.08. The molecule has 0 spiro atoms. The van der Waals surface area contributed by atoms with Crippen molar-refractivity contribution in [1.82, 2.24) is 15.0 Å². The number of rotatable bonds is 30. The molecule has 0 unspecified atom stereocenters. The Balaban J connectivity index is 1.04. The normalized spacial score (nSPS) is 20.4. The van der Waals surface area contributed by atoms with Crippen LogP contribution in [0.1, 0.15) is 237 Å². The van der Waals surface area contributed by atoms with Crippen LogP contribution in [0.25, 0.3) is 0 Å². The molecule has 0 atom stereocenters. The second-order valence-corrected chi connectivity index (χ2v) is 28.7. The summed E-state index contributed by atoms with van der Waals surface area (Å²) in [6.07, 6.45) is 19.9. The van der Waals surface area contributed by atoms with Crippen LogP contribution in [0.2, 0.25) is 0 Å². The zero-order valence-corrected chi connectivity index (χ0v) is 65.7. The summed E-state index contributed by atoms with van der Waals surface area (Å²) in [6, 6.07) is 59.5. The van der Waals surface area contributed by atoms with Gasteiger partial charge in [-0.1, -0.05) is 298 Å². The maximum absolute atomic E-state index is 6.85. The summed E-state index contributed by atoms with van der Waals surface area (Å²) in [7, 11) is 10.1. The van der Waals surface area contributed by atoms with Crippen LogP contribution in [0.3, 0.4) is 0 Å². The summed E-state index contributed by atoms with van der Waals surface area (Å²) in [6.45, 7) is 8.18. The summed E-state index contributed by atoms with van der Waals surface area (Å²) in [5, 5.41) is 0. The van der Waals surface area contributed by atoms with Crippen molar-refractivity contribution in [1.29, 1.82) is 0 Å². The first-order valence-electron chi connectivity index (χ1n) is 39.5. The van der Waals surface area contributed by atoms with Gasteiger partial charge in [-0.2, -0.15) is 0 Å². The maximum Gasteiger partial charge on any atom is 0.180 e. The maximum atomic E-state index is 6.85. The third-order valence-electron chi connectivity index (χ3n) is 21.8. The van der Waals surface area contributed by atoms with Crippen molar-refractivity contribution >= 4 is 0 Å². The molecule has 12 nitrogen and oxygen atoms in total. The Hall–Kier alpha value is -10.7. The molecule has 4 aliphatic heterocycles. The van der Waals surface area contributed by atoms with E-state index >= 15 is 0 Å². The van der Waals surface area contributed by atoms with Gasteiger partial charge in [0.1, 0.15) is 51.4 Å². The molecule has 16 rings (SSSR count). The number of aromatic nitrogens is 3. The van der Waals surface area contributed by atoms with Crippen molar-refractivity contribution in [3.05, 3.63) is 283 Å². The molecule has 0 fully saturated rings. The van der Waals surface area contributed by atoms with Crippen molar-refractivity contribution in [2.24, 2.45) is 0 Å². The molecule has 0 amide bonds. The summed E-state index contributed by atoms with van der Waals surface area (Å²) in [5.74, 6) is 44.9. The topological polar surface area (TPSA) is 122 Å². The van der Waals surface area contributed by atoms with Crippen LogP contribution in [0.4, 0.5) is 0 Å². The van der Waals surface area contributed by atoms with Crippen LogP contribution in [0.15, 0.2) is 182 Å². The van der Waals surface area contributed by atoms with E-state index in [1.807, 2.05) is 182 Å². The highest BCUT2D eigenvalue weighted by Gasteiger charge is 2.54. The van der Waals surface area contributed by atoms with Gasteiger partial charge in [-0.25, -0.2) is 15.0 Å². The fourth-order valence-corrected chi connectivity index (χ4v) is 16.2. The molecule has 0 N–H and O–H groups in total. The quantitative estimate of drug-likeness (QED) is 0.0315. The van der Waals surface area contributed by atoms with Crippen molar-refractivity contribution in [3.63, 3.8) is 0 Å². The number of methoxy groups -OCH3 is 6. The lowest BCUT2D eigenvalue weighted by Gasteiger charge is -2.43. The predicted molar refractivity (Wildman–Crippen MR) is 436 cm³/mol. The molecular formula is C99H99N3O9. The highest BCUT2D eigenvalue weighted by molar-refractivity contribution is 5.70. The fourth-order valence-electron chi connectivity index (χ4n) is 16.2. The first-order chi connectivity index (χ1) is 54.5. The molecule has 0 saturated carbocycles. The smallest absolute Gasteiger partial charge is 0.180 e. The number of nitrogens with zero attached hydrogens (tertiary/aromatic N) is 3. The molecule has 3 aromatic heterocycles. The number of ether oxygens (including phenoxy) is 9. The molecule has 7 heterocycles. The van der Waals surface area contributed by atoms with Gasteiger partial charge in [0.25, 0.3) is 0 Å². The van der Waals surface area contributed by atoms with Crippen molar-refractivity contribution in [3.8, 4) is 88.3 Å². The molecular weight excluding hydrogens is 1380 g/mol. The Morgan fingerprint density at radius 1 is 0.225 bits per heavy atom. The van der Waals surface area contributed by atoms with Gasteiger partial charge in [0.15, 0.2) is 33.6 Å². The number of pyridine rings is 3. The number of hydrogen-bond donors (Lipinski definition) is 0. The Labute approximate surface area is 657 Å². The first kappa shape index (κ1) is 78.4. The lowest BCUT2D eigenvalue weighted by Crippen LogP contribution is -2.43. The van der Waals surface area contributed by atoms with Crippen LogP contribution in [0.5, 0.6) is 17.2 Å². The van der Waals surface area contributed by atoms with Gasteiger partial charge in [-0.15, -0.1) is 0 Å². The zero-order chi connectivity index (χ0) is 77.2. The van der Waals surface area contributed by atoms with E-state index in [1.165, 1.54) is 57.8 Å². The van der Waals surface area contributed by atoms with Gasteiger partial charge in [0.2, 0.25) is 0 Å². The van der Waals surface area contributed by atoms with Crippen LogP contribution in [-0.4, -0.2) is 77.4 Å². The lowest BCUT2D eigenvalue weighted by molar-refractivity contribution is 0.0329. The molecule has 12 bridgehead atoms. The summed E-state index contributed by atoms with van der Waals surface area (Å²) >= 11 is 0. The van der Waals surface area contributed by atoms with E-state index in [1.54, 1.807) is 42.7 Å². The number of hydrogen-bond acceptors (Lipinski definition) is 12. The lowest BCUT2D eigenvalue weighted by atomic mass is 9.67. The van der Waals surface area contributed by atoms with Crippen molar-refractivity contribution in [2.75, 3.05) is 62.5 Å². The zero-order valence-electron chi connectivity index (χ0n) is 65.7. The van der Waals surface area contributed by atoms with E-state index in [0.717, 1.165) is 125 Å². The number of benzene rings is 6. The second-order valence-electron chi connectivity index (χ2n) is 28.7. The standard InChI is InChI=1S/C99H99N3O9/c1-10-13-16-19-22-37-64-109-79-67-73-52-58-94(103-4)82-40-25-29-44-86(82)96(105-6,87-45-30-26-41-83(87)94)60-54-75-69-80(110-65-38-23-20-17-14-11-2)71-77(101-75)56-62-98(107-8)90-48-33-35-50-92(90)99(108-9,93-51-36-34-49-91(93)98)63-57-78-72-81(111-66-39-24-21-18-15-12-3)70-76(102-78)55-61-97(106-7)88-46-31-27-42-84(88)95(104-5,59-53-74(68-79)100-73)85-43-28-32-47-89(85)97/h25-36,40-51,67-72H,10-24,37-39,64-66H2,1-9H3. The average molecular weight is 1470 g/mol. The van der Waals surface area contributed by atoms with Crippen molar-refractivity contribution < 1.29 is 42.6 Å². The summed E-state index contributed by atoms with van der Waals surface area (Å²) in [4.78, 5) is 15.7. The fraction of sp³-hybridized carbons (Fsp3) is 0.364. The molecule has 111 heavy (non-hydrogen) atoms. The number of unbranched alkanes of at least 4 members (excludes halogenated alkanes) is 15. The van der Waals surface area contributed by atoms with Gasteiger partial charge in [-0.3, -0.25) is 0 Å². The van der Waals surface area contributed by atoms with Gasteiger partial charge >= 0.3 is 0 Å². The second kappa shape index (κ2) is 36.0. The average Bonchev–Trinajstić information content (AvgIpc) is 0.716. The Bertz CT molecular complexity index is 4300. The monoisotopic (exact) mass is 1470 g/mol. The van der Waals surface area contributed by atoms with Gasteiger partial charge in [0, 0.05) is 146 Å². The molecule has 3 aliphatic carbocycles. The Kier molecular flexibility index (Phi) is 25.4. The highest BCUT2D eigenvalue weighted by atomic mass is 16.5. The molecule has 7 aliphatic rings. The molecule has 0 saturated heterocycles. The minimum Gasteiger partial charge on any atom is -0.493 e. The van der Waals surface area contributed by atoms with Crippen LogP contribution < -0.4 is 14.2 Å². The van der Waals surface area contributed by atoms with Crippen LogP contribution >= 0.6 is 0 Å². The van der Waals surface area contributed by atoms with E-state index in [9.17, 15) is 0 Å². The predicted octanol–water partition coefficient (Wildman–Crippen LogP) is 19.0. The van der Waals surface area contributed by atoms with Crippen LogP contribution in [0, 0.1) is 71.0 Å². The SMILES string of the molecule is CCCCCCCCOc1cc2nc(c1)C#CC1(OC)c3ccccc3C(OC)(C#Cc3cc(OCCCCCCCC)cc(n3)C#CC3(OC)c4ccccc4C(OC)(C#Cc4cc(OCCCCCCCC)cc(n4)C#CC4(OC)c5ccccc5C(OC)(C#C2)c2ccccc24)c2ccccc23)c2ccccc21. The Morgan fingerprint density at radius 3 is 0.532 bits per heavy atom. The molecule has 564 valence electrons. The Morgan fingerprint density at radius 2 is 0.378 bits per heavy atom. The van der Waals surface area contributed by atoms with E-state index in [4.69, 9.17) is 57.6 Å². The molecule has 12 heteroatoms. The van der Waals surface area contributed by atoms with Gasteiger partial charge in [-0.05, 0) is 54.8 Å². The van der Waals surface area contributed by atoms with Gasteiger partial charge < -0.3 is 42.6 Å². The highest BCUT2D eigenvalue weighted by Crippen LogP contribution is 2.54. The van der Waals surface area contributed by atoms with E-state index in [-0.39, 0.29) is 0 Å². The van der Waals surface area contributed by atoms with Gasteiger partial charge in [0.05, 0.1) is 19.8 Å².